The molecule has 0 saturated heterocycles. The molecular weight excluding hydrogens is 218 g/mol. The van der Waals surface area contributed by atoms with Crippen LogP contribution in [0.5, 0.6) is 11.8 Å². The largest absolute Gasteiger partial charge is 0.476 e. The number of anilines is 1. The maximum atomic E-state index is 5.88. The molecule has 2 N–H and O–H groups in total. The Morgan fingerprint density at radius 3 is 2.53 bits per heavy atom. The molecule has 1 aliphatic carbocycles. The summed E-state index contributed by atoms with van der Waals surface area (Å²) >= 11 is 0. The van der Waals surface area contributed by atoms with Crippen LogP contribution in [0.2, 0.25) is 0 Å². The SMILES string of the molecule is CCOc1ncnc(OCC2CCCC2)c1N. The van der Waals surface area contributed by atoms with E-state index in [2.05, 4.69) is 9.97 Å². The van der Waals surface area contributed by atoms with Crippen LogP contribution in [0.25, 0.3) is 0 Å². The lowest BCUT2D eigenvalue weighted by Crippen LogP contribution is -2.11. The van der Waals surface area contributed by atoms with Gasteiger partial charge in [-0.2, -0.15) is 9.97 Å². The summed E-state index contributed by atoms with van der Waals surface area (Å²) < 4.78 is 10.9. The average molecular weight is 237 g/mol. The van der Waals surface area contributed by atoms with Gasteiger partial charge in [-0.3, -0.25) is 0 Å². The van der Waals surface area contributed by atoms with Gasteiger partial charge >= 0.3 is 0 Å². The average Bonchev–Trinajstić information content (AvgIpc) is 2.83. The highest BCUT2D eigenvalue weighted by Crippen LogP contribution is 2.29. The number of nitrogen functional groups attached to an aromatic ring is 1. The van der Waals surface area contributed by atoms with Gasteiger partial charge in [-0.25, -0.2) is 0 Å². The highest BCUT2D eigenvalue weighted by atomic mass is 16.5. The lowest BCUT2D eigenvalue weighted by Gasteiger charge is -2.13. The minimum atomic E-state index is 0.396. The molecule has 94 valence electrons. The number of hydrogen-bond donors (Lipinski definition) is 1. The first-order valence-corrected chi connectivity index (χ1v) is 6.17. The van der Waals surface area contributed by atoms with Crippen LogP contribution >= 0.6 is 0 Å². The third-order valence-corrected chi connectivity index (χ3v) is 3.02. The van der Waals surface area contributed by atoms with Gasteiger partial charge in [0.1, 0.15) is 6.33 Å². The van der Waals surface area contributed by atoms with Crippen molar-refractivity contribution < 1.29 is 9.47 Å². The van der Waals surface area contributed by atoms with E-state index < -0.39 is 0 Å². The molecule has 1 aromatic rings. The Balaban J connectivity index is 1.97. The second-order valence-corrected chi connectivity index (χ2v) is 4.29. The third-order valence-electron chi connectivity index (χ3n) is 3.02. The van der Waals surface area contributed by atoms with E-state index in [1.807, 2.05) is 6.92 Å². The Hall–Kier alpha value is -1.52. The van der Waals surface area contributed by atoms with E-state index in [-0.39, 0.29) is 0 Å². The van der Waals surface area contributed by atoms with Gasteiger partial charge in [0, 0.05) is 0 Å². The molecule has 2 rings (SSSR count). The summed E-state index contributed by atoms with van der Waals surface area (Å²) in [4.78, 5) is 8.01. The maximum absolute atomic E-state index is 5.88. The van der Waals surface area contributed by atoms with Crippen LogP contribution < -0.4 is 15.2 Å². The third kappa shape index (κ3) is 2.99. The normalized spacial score (nSPS) is 16.1. The lowest BCUT2D eigenvalue weighted by molar-refractivity contribution is 0.242. The molecule has 5 nitrogen and oxygen atoms in total. The van der Waals surface area contributed by atoms with Crippen LogP contribution in [0.15, 0.2) is 6.33 Å². The van der Waals surface area contributed by atoms with Crippen molar-refractivity contribution in [2.24, 2.45) is 5.92 Å². The van der Waals surface area contributed by atoms with Gasteiger partial charge in [0.25, 0.3) is 0 Å². The number of nitrogens with zero attached hydrogens (tertiary/aromatic N) is 2. The molecule has 17 heavy (non-hydrogen) atoms. The zero-order valence-corrected chi connectivity index (χ0v) is 10.2. The molecule has 0 atom stereocenters. The first-order valence-electron chi connectivity index (χ1n) is 6.17. The first-order chi connectivity index (χ1) is 8.31. The Morgan fingerprint density at radius 2 is 1.88 bits per heavy atom. The molecule has 0 aromatic carbocycles. The fourth-order valence-corrected chi connectivity index (χ4v) is 2.10. The van der Waals surface area contributed by atoms with Crippen molar-refractivity contribution in [2.45, 2.75) is 32.6 Å². The van der Waals surface area contributed by atoms with Crippen molar-refractivity contribution in [3.8, 4) is 11.8 Å². The Labute approximate surface area is 101 Å². The Kier molecular flexibility index (Phi) is 4.01. The van der Waals surface area contributed by atoms with Gasteiger partial charge in [0.05, 0.1) is 13.2 Å². The second-order valence-electron chi connectivity index (χ2n) is 4.29. The minimum Gasteiger partial charge on any atom is -0.476 e. The fourth-order valence-electron chi connectivity index (χ4n) is 2.10. The summed E-state index contributed by atoms with van der Waals surface area (Å²) in [6.45, 7) is 3.11. The van der Waals surface area contributed by atoms with Gasteiger partial charge < -0.3 is 15.2 Å². The van der Waals surface area contributed by atoms with Crippen molar-refractivity contribution in [1.29, 1.82) is 0 Å². The molecule has 1 saturated carbocycles. The topological polar surface area (TPSA) is 70.3 Å². The predicted molar refractivity (Wildman–Crippen MR) is 65.1 cm³/mol. The van der Waals surface area contributed by atoms with Crippen molar-refractivity contribution in [3.63, 3.8) is 0 Å². The minimum absolute atomic E-state index is 0.396. The Bertz CT molecular complexity index is 365. The van der Waals surface area contributed by atoms with Gasteiger partial charge in [-0.15, -0.1) is 0 Å². The summed E-state index contributed by atoms with van der Waals surface area (Å²) in [5, 5.41) is 0. The van der Waals surface area contributed by atoms with Crippen molar-refractivity contribution in [1.82, 2.24) is 9.97 Å². The number of rotatable bonds is 5. The molecule has 0 bridgehead atoms. The van der Waals surface area contributed by atoms with Crippen LogP contribution in [0.3, 0.4) is 0 Å². The number of hydrogen-bond acceptors (Lipinski definition) is 5. The van der Waals surface area contributed by atoms with Gasteiger partial charge in [-0.05, 0) is 25.7 Å². The molecule has 0 unspecified atom stereocenters. The predicted octanol–water partition coefficient (Wildman–Crippen LogP) is 2.03. The molecule has 1 aromatic heterocycles. The van der Waals surface area contributed by atoms with Crippen molar-refractivity contribution in [3.05, 3.63) is 6.33 Å². The maximum Gasteiger partial charge on any atom is 0.244 e. The van der Waals surface area contributed by atoms with E-state index in [1.165, 1.54) is 32.0 Å². The van der Waals surface area contributed by atoms with E-state index in [4.69, 9.17) is 15.2 Å². The molecular formula is C12H19N3O2. The quantitative estimate of drug-likeness (QED) is 0.848. The Morgan fingerprint density at radius 1 is 1.24 bits per heavy atom. The summed E-state index contributed by atoms with van der Waals surface area (Å²) in [6.07, 6.45) is 6.51. The van der Waals surface area contributed by atoms with Crippen LogP contribution in [-0.4, -0.2) is 23.2 Å². The molecule has 1 heterocycles. The van der Waals surface area contributed by atoms with Gasteiger partial charge in [0.15, 0.2) is 5.69 Å². The molecule has 1 aliphatic rings. The van der Waals surface area contributed by atoms with Crippen LogP contribution in [0.1, 0.15) is 32.6 Å². The van der Waals surface area contributed by atoms with Crippen LogP contribution in [-0.2, 0) is 0 Å². The summed E-state index contributed by atoms with van der Waals surface area (Å²) in [6, 6.07) is 0. The first kappa shape index (κ1) is 12.0. The van der Waals surface area contributed by atoms with Crippen molar-refractivity contribution >= 4 is 5.69 Å². The van der Waals surface area contributed by atoms with E-state index in [0.29, 0.717) is 36.6 Å². The molecule has 0 aliphatic heterocycles. The second kappa shape index (κ2) is 5.70. The van der Waals surface area contributed by atoms with E-state index >= 15 is 0 Å². The van der Waals surface area contributed by atoms with Crippen LogP contribution in [0, 0.1) is 5.92 Å². The molecule has 5 heteroatoms. The van der Waals surface area contributed by atoms with Crippen molar-refractivity contribution in [2.75, 3.05) is 18.9 Å². The van der Waals surface area contributed by atoms with Gasteiger partial charge in [0.2, 0.25) is 11.8 Å². The number of nitrogens with two attached hydrogens (primary N) is 1. The van der Waals surface area contributed by atoms with E-state index in [1.54, 1.807) is 0 Å². The van der Waals surface area contributed by atoms with E-state index in [0.717, 1.165) is 0 Å². The molecule has 1 fully saturated rings. The van der Waals surface area contributed by atoms with Crippen LogP contribution in [0.4, 0.5) is 5.69 Å². The zero-order chi connectivity index (χ0) is 12.1. The molecule has 0 radical (unpaired) electrons. The smallest absolute Gasteiger partial charge is 0.244 e. The monoisotopic (exact) mass is 237 g/mol. The zero-order valence-electron chi connectivity index (χ0n) is 10.2. The highest BCUT2D eigenvalue weighted by Gasteiger charge is 2.17. The van der Waals surface area contributed by atoms with E-state index in [9.17, 15) is 0 Å². The van der Waals surface area contributed by atoms with Gasteiger partial charge in [-0.1, -0.05) is 12.8 Å². The summed E-state index contributed by atoms with van der Waals surface area (Å²) in [5.41, 5.74) is 6.27. The molecule has 0 spiro atoms. The number of aromatic nitrogens is 2. The number of ether oxygens (including phenoxy) is 2. The summed E-state index contributed by atoms with van der Waals surface area (Å²) in [5.74, 6) is 1.49. The molecule has 0 amide bonds. The summed E-state index contributed by atoms with van der Waals surface area (Å²) in [7, 11) is 0. The fraction of sp³-hybridized carbons (Fsp3) is 0.667. The highest BCUT2D eigenvalue weighted by molar-refractivity contribution is 5.55. The lowest BCUT2D eigenvalue weighted by atomic mass is 10.1. The standard InChI is InChI=1S/C12H19N3O2/c1-2-16-11-10(13)12(15-8-14-11)17-7-9-5-3-4-6-9/h8-9H,2-7,13H2,1H3.